The summed E-state index contributed by atoms with van der Waals surface area (Å²) in [5.74, 6) is 0.0839. The zero-order valence-corrected chi connectivity index (χ0v) is 18.7. The van der Waals surface area contributed by atoms with Crippen molar-refractivity contribution in [2.75, 3.05) is 18.2 Å². The maximum absolute atomic E-state index is 12.5. The smallest absolute Gasteiger partial charge is 0.348 e. The minimum Gasteiger partial charge on any atom is -0.462 e. The van der Waals surface area contributed by atoms with E-state index in [1.807, 2.05) is 27.0 Å². The Balaban J connectivity index is 1.70. The molecule has 29 heavy (non-hydrogen) atoms. The summed E-state index contributed by atoms with van der Waals surface area (Å²) in [5.41, 5.74) is 3.56. The van der Waals surface area contributed by atoms with E-state index in [0.29, 0.717) is 40.3 Å². The second-order valence-electron chi connectivity index (χ2n) is 6.46. The third-order valence-corrected chi connectivity index (χ3v) is 6.13. The number of ether oxygens (including phenoxy) is 1. The maximum atomic E-state index is 12.5. The number of thiophene rings is 1. The van der Waals surface area contributed by atoms with Gasteiger partial charge in [-0.2, -0.15) is 4.98 Å². The molecule has 0 atom stereocenters. The number of anilines is 1. The quantitative estimate of drug-likeness (QED) is 0.449. The molecule has 154 valence electrons. The molecule has 0 saturated heterocycles. The molecule has 8 nitrogen and oxygen atoms in total. The Bertz CT molecular complexity index is 1070. The first-order chi connectivity index (χ1) is 13.8. The van der Waals surface area contributed by atoms with E-state index in [2.05, 4.69) is 20.4 Å². The van der Waals surface area contributed by atoms with Gasteiger partial charge in [0.15, 0.2) is 0 Å². The van der Waals surface area contributed by atoms with Crippen LogP contribution < -0.4 is 5.32 Å². The molecular formula is C19H23N5O3S2. The Kier molecular flexibility index (Phi) is 6.53. The van der Waals surface area contributed by atoms with Crippen molar-refractivity contribution >= 4 is 45.8 Å². The average molecular weight is 434 g/mol. The number of nitrogens with one attached hydrogen (secondary N) is 1. The maximum Gasteiger partial charge on any atom is 0.348 e. The monoisotopic (exact) mass is 433 g/mol. The molecule has 3 rings (SSSR count). The summed E-state index contributed by atoms with van der Waals surface area (Å²) in [7, 11) is 0. The van der Waals surface area contributed by atoms with Gasteiger partial charge in [0.1, 0.15) is 4.88 Å². The molecule has 0 fully saturated rings. The van der Waals surface area contributed by atoms with E-state index in [0.717, 1.165) is 22.5 Å². The van der Waals surface area contributed by atoms with Crippen molar-refractivity contribution < 1.29 is 14.3 Å². The second kappa shape index (κ2) is 8.91. The van der Waals surface area contributed by atoms with Crippen LogP contribution in [-0.4, -0.2) is 44.3 Å². The van der Waals surface area contributed by atoms with Gasteiger partial charge in [-0.3, -0.25) is 4.79 Å². The number of hydrogen-bond donors (Lipinski definition) is 1. The van der Waals surface area contributed by atoms with Crippen LogP contribution in [0.25, 0.3) is 5.78 Å². The van der Waals surface area contributed by atoms with E-state index in [1.54, 1.807) is 17.5 Å². The molecule has 0 saturated carbocycles. The summed E-state index contributed by atoms with van der Waals surface area (Å²) >= 11 is 2.69. The molecule has 0 spiro atoms. The number of carbonyl (C=O) groups excluding carboxylic acids is 2. The highest BCUT2D eigenvalue weighted by atomic mass is 32.2. The highest BCUT2D eigenvalue weighted by Crippen LogP contribution is 2.27. The number of fused-ring (bicyclic) bond motifs is 1. The summed E-state index contributed by atoms with van der Waals surface area (Å²) in [6, 6.07) is 1.79. The van der Waals surface area contributed by atoms with Crippen LogP contribution in [0.3, 0.4) is 0 Å². The third-order valence-electron chi connectivity index (χ3n) is 4.46. The largest absolute Gasteiger partial charge is 0.462 e. The standard InChI is InChI=1S/C19H23N5O3S2/c1-6-27-17(26)16-10(2)9-15(29-16)21-14(25)8-7-13-11(3)20-18-22-19(28-5)23-24(18)12(13)4/h9H,6-8H2,1-5H3,(H,21,25). The van der Waals surface area contributed by atoms with E-state index in [4.69, 9.17) is 4.74 Å². The Morgan fingerprint density at radius 2 is 2.03 bits per heavy atom. The summed E-state index contributed by atoms with van der Waals surface area (Å²) in [6.45, 7) is 7.79. The molecule has 0 aliphatic heterocycles. The summed E-state index contributed by atoms with van der Waals surface area (Å²) < 4.78 is 6.76. The molecule has 3 heterocycles. The van der Waals surface area contributed by atoms with Gasteiger partial charge in [-0.15, -0.1) is 16.4 Å². The van der Waals surface area contributed by atoms with Gasteiger partial charge in [0.25, 0.3) is 5.78 Å². The number of aromatic nitrogens is 4. The normalized spacial score (nSPS) is 11.1. The topological polar surface area (TPSA) is 98.5 Å². The third kappa shape index (κ3) is 4.59. The molecule has 0 aromatic carbocycles. The zero-order chi connectivity index (χ0) is 21.1. The fourth-order valence-electron chi connectivity index (χ4n) is 3.02. The van der Waals surface area contributed by atoms with Crippen molar-refractivity contribution in [3.63, 3.8) is 0 Å². The molecule has 10 heteroatoms. The molecule has 1 N–H and O–H groups in total. The fourth-order valence-corrected chi connectivity index (χ4v) is 4.34. The van der Waals surface area contributed by atoms with Crippen molar-refractivity contribution in [2.45, 2.75) is 45.7 Å². The summed E-state index contributed by atoms with van der Waals surface area (Å²) in [6.07, 6.45) is 2.75. The molecule has 3 aromatic heterocycles. The lowest BCUT2D eigenvalue weighted by Crippen LogP contribution is -2.13. The number of rotatable bonds is 7. The van der Waals surface area contributed by atoms with E-state index in [-0.39, 0.29) is 11.9 Å². The summed E-state index contributed by atoms with van der Waals surface area (Å²) in [4.78, 5) is 33.8. The van der Waals surface area contributed by atoms with Gasteiger partial charge >= 0.3 is 5.97 Å². The number of nitrogens with zero attached hydrogens (tertiary/aromatic N) is 4. The lowest BCUT2D eigenvalue weighted by Gasteiger charge is -2.10. The van der Waals surface area contributed by atoms with Crippen molar-refractivity contribution in [3.05, 3.63) is 33.5 Å². The molecule has 1 amide bonds. The number of amides is 1. The molecule has 0 bridgehead atoms. The fraction of sp³-hybridized carbons (Fsp3) is 0.421. The van der Waals surface area contributed by atoms with E-state index in [9.17, 15) is 9.59 Å². The highest BCUT2D eigenvalue weighted by Gasteiger charge is 2.17. The van der Waals surface area contributed by atoms with Crippen LogP contribution in [0.4, 0.5) is 5.00 Å². The molecule has 0 radical (unpaired) electrons. The summed E-state index contributed by atoms with van der Waals surface area (Å²) in [5, 5.41) is 8.61. The van der Waals surface area contributed by atoms with Crippen LogP contribution in [0.1, 0.15) is 45.5 Å². The average Bonchev–Trinajstić information content (AvgIpc) is 3.24. The molecule has 0 aliphatic carbocycles. The van der Waals surface area contributed by atoms with Crippen LogP contribution in [0, 0.1) is 20.8 Å². The highest BCUT2D eigenvalue weighted by molar-refractivity contribution is 7.98. The molecule has 0 unspecified atom stereocenters. The van der Waals surface area contributed by atoms with Gasteiger partial charge < -0.3 is 10.1 Å². The minimum atomic E-state index is -0.362. The van der Waals surface area contributed by atoms with Crippen LogP contribution in [0.2, 0.25) is 0 Å². The van der Waals surface area contributed by atoms with Gasteiger partial charge in [-0.1, -0.05) is 11.8 Å². The number of esters is 1. The van der Waals surface area contributed by atoms with Gasteiger partial charge in [0.05, 0.1) is 11.6 Å². The van der Waals surface area contributed by atoms with Crippen LogP contribution in [-0.2, 0) is 16.0 Å². The lowest BCUT2D eigenvalue weighted by atomic mass is 10.1. The van der Waals surface area contributed by atoms with Gasteiger partial charge in [-0.05, 0) is 57.6 Å². The Morgan fingerprint density at radius 3 is 2.72 bits per heavy atom. The first-order valence-electron chi connectivity index (χ1n) is 9.18. The Morgan fingerprint density at radius 1 is 1.28 bits per heavy atom. The predicted octanol–water partition coefficient (Wildman–Crippen LogP) is 3.58. The van der Waals surface area contributed by atoms with Crippen LogP contribution >= 0.6 is 23.1 Å². The zero-order valence-electron chi connectivity index (χ0n) is 17.0. The Labute approximate surface area is 177 Å². The van der Waals surface area contributed by atoms with Crippen molar-refractivity contribution in [1.29, 1.82) is 0 Å². The number of hydrogen-bond acceptors (Lipinski definition) is 8. The number of aryl methyl sites for hydroxylation is 3. The predicted molar refractivity (Wildman–Crippen MR) is 114 cm³/mol. The van der Waals surface area contributed by atoms with E-state index in [1.165, 1.54) is 23.1 Å². The van der Waals surface area contributed by atoms with Crippen molar-refractivity contribution in [3.8, 4) is 0 Å². The second-order valence-corrected chi connectivity index (χ2v) is 8.29. The number of carbonyl (C=O) groups is 2. The van der Waals surface area contributed by atoms with Gasteiger partial charge in [0.2, 0.25) is 11.1 Å². The Hall–Kier alpha value is -2.46. The van der Waals surface area contributed by atoms with Gasteiger partial charge in [0, 0.05) is 17.8 Å². The van der Waals surface area contributed by atoms with Gasteiger partial charge in [-0.25, -0.2) is 14.3 Å². The first kappa shape index (κ1) is 21.3. The first-order valence-corrected chi connectivity index (χ1v) is 11.2. The minimum absolute atomic E-state index is 0.121. The van der Waals surface area contributed by atoms with E-state index < -0.39 is 0 Å². The SMILES string of the molecule is CCOC(=O)c1sc(NC(=O)CCc2c(C)nc3nc(SC)nn3c2C)cc1C. The van der Waals surface area contributed by atoms with E-state index >= 15 is 0 Å². The molecule has 0 aliphatic rings. The lowest BCUT2D eigenvalue weighted by molar-refractivity contribution is -0.116. The van der Waals surface area contributed by atoms with Crippen molar-refractivity contribution in [2.24, 2.45) is 0 Å². The number of thioether (sulfide) groups is 1. The van der Waals surface area contributed by atoms with Crippen molar-refractivity contribution in [1.82, 2.24) is 19.6 Å². The molecule has 3 aromatic rings. The van der Waals surface area contributed by atoms with Crippen LogP contribution in [0.5, 0.6) is 0 Å². The van der Waals surface area contributed by atoms with Crippen LogP contribution in [0.15, 0.2) is 11.2 Å². The molecular weight excluding hydrogens is 410 g/mol.